The third kappa shape index (κ3) is 4.29. The highest BCUT2D eigenvalue weighted by Gasteiger charge is 2.44. The Labute approximate surface area is 199 Å². The number of hydrogen-bond acceptors (Lipinski definition) is 9. The van der Waals surface area contributed by atoms with E-state index in [9.17, 15) is 0 Å². The van der Waals surface area contributed by atoms with Crippen molar-refractivity contribution in [1.29, 1.82) is 0 Å². The molecule has 3 N–H and O–H groups in total. The van der Waals surface area contributed by atoms with E-state index in [-0.39, 0.29) is 17.3 Å². The van der Waals surface area contributed by atoms with Gasteiger partial charge in [-0.05, 0) is 36.6 Å². The van der Waals surface area contributed by atoms with Crippen molar-refractivity contribution < 1.29 is 9.47 Å². The Balaban J connectivity index is 1.42. The van der Waals surface area contributed by atoms with Crippen LogP contribution in [-0.4, -0.2) is 64.4 Å². The van der Waals surface area contributed by atoms with Crippen LogP contribution in [0.1, 0.15) is 25.2 Å². The van der Waals surface area contributed by atoms with Crippen molar-refractivity contribution in [1.82, 2.24) is 40.0 Å². The number of fused-ring (bicyclic) bond motifs is 2. The summed E-state index contributed by atoms with van der Waals surface area (Å²) in [6.45, 7) is 3.41. The number of hydrogen-bond donors (Lipinski definition) is 2. The minimum Gasteiger partial charge on any atom is -0.375 e. The SMILES string of the molecule is CCn1c(Cn2nnc(-c3ccccc3)n2)nn([C@@H]2C/C(=N\NC(N)=S)[C@H]3OC[C@@H]2O3)c1=S. The Kier molecular flexibility index (Phi) is 5.97. The summed E-state index contributed by atoms with van der Waals surface area (Å²) >= 11 is 10.6. The zero-order chi connectivity index (χ0) is 22.9. The van der Waals surface area contributed by atoms with Gasteiger partial charge in [0.2, 0.25) is 5.82 Å². The van der Waals surface area contributed by atoms with Crippen molar-refractivity contribution in [3.8, 4) is 11.4 Å². The lowest BCUT2D eigenvalue weighted by atomic mass is 10.0. The molecular weight excluding hydrogens is 464 g/mol. The van der Waals surface area contributed by atoms with Gasteiger partial charge in [0, 0.05) is 18.5 Å². The highest BCUT2D eigenvalue weighted by molar-refractivity contribution is 7.80. The third-order valence-electron chi connectivity index (χ3n) is 5.50. The molecule has 0 aliphatic carbocycles. The van der Waals surface area contributed by atoms with E-state index in [0.29, 0.717) is 42.4 Å². The highest BCUT2D eigenvalue weighted by atomic mass is 32.1. The molecule has 0 radical (unpaired) electrons. The Morgan fingerprint density at radius 1 is 1.30 bits per heavy atom. The van der Waals surface area contributed by atoms with E-state index in [1.165, 1.54) is 4.80 Å². The molecule has 14 heteroatoms. The number of rotatable bonds is 6. The van der Waals surface area contributed by atoms with E-state index in [0.717, 1.165) is 11.4 Å². The first-order valence-corrected chi connectivity index (χ1v) is 11.3. The van der Waals surface area contributed by atoms with Crippen LogP contribution in [0.3, 0.4) is 0 Å². The second kappa shape index (κ2) is 9.05. The summed E-state index contributed by atoms with van der Waals surface area (Å²) in [5.41, 5.74) is 9.67. The topological polar surface area (TPSA) is 135 Å². The molecule has 2 aromatic heterocycles. The van der Waals surface area contributed by atoms with Crippen molar-refractivity contribution >= 4 is 35.3 Å². The number of hydrazone groups is 1. The highest BCUT2D eigenvalue weighted by Crippen LogP contribution is 2.33. The van der Waals surface area contributed by atoms with E-state index in [1.807, 2.05) is 41.8 Å². The van der Waals surface area contributed by atoms with Gasteiger partial charge in [0.1, 0.15) is 12.6 Å². The number of aromatic nitrogens is 7. The molecule has 2 aliphatic rings. The van der Waals surface area contributed by atoms with Crippen LogP contribution in [0.15, 0.2) is 35.4 Å². The first-order chi connectivity index (χ1) is 16.0. The molecule has 0 spiro atoms. The zero-order valence-electron chi connectivity index (χ0n) is 17.7. The molecule has 3 aromatic rings. The third-order valence-corrected chi connectivity index (χ3v) is 6.00. The molecule has 4 heterocycles. The molecule has 2 bridgehead atoms. The van der Waals surface area contributed by atoms with Gasteiger partial charge in [-0.2, -0.15) is 15.0 Å². The molecule has 12 nitrogen and oxygen atoms in total. The fraction of sp³-hybridized carbons (Fsp3) is 0.421. The van der Waals surface area contributed by atoms with Gasteiger partial charge in [-0.3, -0.25) is 5.43 Å². The molecule has 1 aromatic carbocycles. The van der Waals surface area contributed by atoms with Crippen LogP contribution in [0.4, 0.5) is 0 Å². The van der Waals surface area contributed by atoms with E-state index in [1.54, 1.807) is 4.68 Å². The van der Waals surface area contributed by atoms with Crippen LogP contribution < -0.4 is 11.2 Å². The first kappa shape index (κ1) is 21.8. The van der Waals surface area contributed by atoms with Gasteiger partial charge < -0.3 is 19.8 Å². The van der Waals surface area contributed by atoms with Gasteiger partial charge in [-0.15, -0.1) is 10.2 Å². The van der Waals surface area contributed by atoms with Crippen molar-refractivity contribution in [2.75, 3.05) is 6.61 Å². The largest absolute Gasteiger partial charge is 0.375 e. The lowest BCUT2D eigenvalue weighted by Crippen LogP contribution is -2.39. The molecule has 33 heavy (non-hydrogen) atoms. The van der Waals surface area contributed by atoms with Crippen LogP contribution in [-0.2, 0) is 22.6 Å². The Bertz CT molecular complexity index is 1250. The van der Waals surface area contributed by atoms with Gasteiger partial charge in [0.25, 0.3) is 0 Å². The summed E-state index contributed by atoms with van der Waals surface area (Å²) in [6.07, 6.45) is -0.169. The molecule has 5 rings (SSSR count). The van der Waals surface area contributed by atoms with Gasteiger partial charge in [0.15, 0.2) is 22.0 Å². The zero-order valence-corrected chi connectivity index (χ0v) is 19.4. The van der Waals surface area contributed by atoms with Gasteiger partial charge in [0.05, 0.1) is 18.4 Å². The average Bonchev–Trinajstić information content (AvgIpc) is 3.53. The van der Waals surface area contributed by atoms with E-state index >= 15 is 0 Å². The van der Waals surface area contributed by atoms with E-state index in [4.69, 9.17) is 44.7 Å². The quantitative estimate of drug-likeness (QED) is 0.384. The summed E-state index contributed by atoms with van der Waals surface area (Å²) in [7, 11) is 0. The van der Waals surface area contributed by atoms with Gasteiger partial charge in [-0.25, -0.2) is 4.68 Å². The van der Waals surface area contributed by atoms with Crippen molar-refractivity contribution in [2.45, 2.75) is 44.9 Å². The number of thiocarbonyl (C=S) groups is 1. The maximum Gasteiger partial charge on any atom is 0.204 e. The van der Waals surface area contributed by atoms with Crippen molar-refractivity contribution in [3.63, 3.8) is 0 Å². The number of nitrogens with one attached hydrogen (secondary N) is 1. The van der Waals surface area contributed by atoms with E-state index in [2.05, 4.69) is 25.9 Å². The Morgan fingerprint density at radius 2 is 2.12 bits per heavy atom. The molecule has 2 fully saturated rings. The lowest BCUT2D eigenvalue weighted by molar-refractivity contribution is -0.0323. The lowest BCUT2D eigenvalue weighted by Gasteiger charge is -2.28. The van der Waals surface area contributed by atoms with Gasteiger partial charge >= 0.3 is 0 Å². The minimum atomic E-state index is -0.522. The Hall–Kier alpha value is -3.07. The minimum absolute atomic E-state index is 0.0727. The fourth-order valence-corrected chi connectivity index (χ4v) is 4.41. The monoisotopic (exact) mass is 486 g/mol. The number of benzene rings is 1. The summed E-state index contributed by atoms with van der Waals surface area (Å²) in [4.78, 5) is 1.51. The van der Waals surface area contributed by atoms with Crippen LogP contribution in [0.2, 0.25) is 0 Å². The normalized spacial score (nSPS) is 23.2. The first-order valence-electron chi connectivity index (χ1n) is 10.4. The molecule has 0 amide bonds. The Morgan fingerprint density at radius 3 is 2.88 bits per heavy atom. The standard InChI is InChI=1S/C19H22N10O2S2/c1-2-27-15(9-28-25-16(22-26-28)11-6-4-3-5-7-11)24-29(19(27)33)13-8-12(21-23-18(20)32)17-30-10-14(13)31-17/h3-7,13-14,17H,2,8-10H2,1H3,(H3,20,23,32)/b21-12+/t13-,14+,17+/m1/s1. The number of ether oxygens (including phenoxy) is 2. The maximum absolute atomic E-state index is 5.98. The predicted molar refractivity (Wildman–Crippen MR) is 125 cm³/mol. The second-order valence-electron chi connectivity index (χ2n) is 7.59. The second-order valence-corrected chi connectivity index (χ2v) is 8.39. The average molecular weight is 487 g/mol. The summed E-state index contributed by atoms with van der Waals surface area (Å²) in [5.74, 6) is 1.28. The van der Waals surface area contributed by atoms with Crippen molar-refractivity contribution in [2.24, 2.45) is 10.8 Å². The van der Waals surface area contributed by atoms with Crippen LogP contribution in [0, 0.1) is 4.77 Å². The summed E-state index contributed by atoms with van der Waals surface area (Å²) in [5, 5.41) is 22.0. The van der Waals surface area contributed by atoms with Crippen LogP contribution in [0.5, 0.6) is 0 Å². The summed E-state index contributed by atoms with van der Waals surface area (Å²) in [6, 6.07) is 9.51. The number of nitrogens with two attached hydrogens (primary N) is 1. The molecule has 172 valence electrons. The molecule has 2 aliphatic heterocycles. The summed E-state index contributed by atoms with van der Waals surface area (Å²) < 4.78 is 16.0. The maximum atomic E-state index is 5.98. The fourth-order valence-electron chi connectivity index (χ4n) is 3.95. The molecule has 0 saturated carbocycles. The number of nitrogens with zero attached hydrogens (tertiary/aromatic N) is 8. The van der Waals surface area contributed by atoms with Crippen molar-refractivity contribution in [3.05, 3.63) is 40.9 Å². The number of tetrazole rings is 1. The predicted octanol–water partition coefficient (Wildman–Crippen LogP) is 1.01. The molecule has 0 unspecified atom stereocenters. The molecular formula is C19H22N10O2S2. The van der Waals surface area contributed by atoms with Crippen LogP contribution in [0.25, 0.3) is 11.4 Å². The smallest absolute Gasteiger partial charge is 0.204 e. The van der Waals surface area contributed by atoms with E-state index < -0.39 is 6.29 Å². The molecule has 2 saturated heterocycles. The van der Waals surface area contributed by atoms with Crippen LogP contribution >= 0.6 is 24.4 Å². The van der Waals surface area contributed by atoms with Gasteiger partial charge in [-0.1, -0.05) is 30.3 Å². The molecule has 3 atom stereocenters.